The lowest BCUT2D eigenvalue weighted by Crippen LogP contribution is -2.38. The zero-order valence-electron chi connectivity index (χ0n) is 12.1. The third kappa shape index (κ3) is 7.15. The lowest BCUT2D eigenvalue weighted by atomic mass is 9.85. The summed E-state index contributed by atoms with van der Waals surface area (Å²) in [5, 5.41) is 11.7. The molecule has 0 aliphatic carbocycles. The Kier molecular flexibility index (Phi) is 6.28. The molecule has 1 aliphatic rings. The normalized spacial score (nSPS) is 17.2. The van der Waals surface area contributed by atoms with Crippen LogP contribution in [0.2, 0.25) is 0 Å². The van der Waals surface area contributed by atoms with Gasteiger partial charge in [0.2, 0.25) is 5.91 Å². The third-order valence-corrected chi connectivity index (χ3v) is 3.47. The number of piperidine rings is 1. The second-order valence-corrected chi connectivity index (χ2v) is 6.16. The molecule has 1 fully saturated rings. The summed E-state index contributed by atoms with van der Waals surface area (Å²) in [5.74, 6) is -0.908. The van der Waals surface area contributed by atoms with Crippen LogP contribution in [0.5, 0.6) is 0 Å². The van der Waals surface area contributed by atoms with Crippen LogP contribution in [-0.2, 0) is 9.59 Å². The van der Waals surface area contributed by atoms with E-state index in [0.29, 0.717) is 6.54 Å². The molecule has 5 nitrogen and oxygen atoms in total. The smallest absolute Gasteiger partial charge is 0.303 e. The molecule has 0 bridgehead atoms. The van der Waals surface area contributed by atoms with Crippen molar-refractivity contribution in [3.63, 3.8) is 0 Å². The van der Waals surface area contributed by atoms with Gasteiger partial charge in [-0.15, -0.1) is 0 Å². The highest BCUT2D eigenvalue weighted by atomic mass is 16.4. The minimum absolute atomic E-state index is 0.0204. The fourth-order valence-electron chi connectivity index (χ4n) is 2.51. The van der Waals surface area contributed by atoms with Gasteiger partial charge in [-0.1, -0.05) is 20.3 Å². The number of hydrogen-bond donors (Lipinski definition) is 2. The summed E-state index contributed by atoms with van der Waals surface area (Å²) < 4.78 is 0. The van der Waals surface area contributed by atoms with Gasteiger partial charge in [-0.25, -0.2) is 0 Å². The van der Waals surface area contributed by atoms with Crippen LogP contribution in [0.1, 0.15) is 46.0 Å². The molecular weight excluding hydrogens is 244 g/mol. The van der Waals surface area contributed by atoms with Gasteiger partial charge in [-0.05, 0) is 31.3 Å². The fraction of sp³-hybridized carbons (Fsp3) is 0.857. The first-order chi connectivity index (χ1) is 8.89. The summed E-state index contributed by atoms with van der Waals surface area (Å²) in [5.41, 5.74) is -0.485. The highest BCUT2D eigenvalue weighted by molar-refractivity contribution is 5.77. The van der Waals surface area contributed by atoms with Crippen LogP contribution in [0.4, 0.5) is 0 Å². The average molecular weight is 270 g/mol. The van der Waals surface area contributed by atoms with Crippen LogP contribution in [0.15, 0.2) is 0 Å². The number of carbonyl (C=O) groups is 2. The van der Waals surface area contributed by atoms with Crippen molar-refractivity contribution in [2.24, 2.45) is 5.41 Å². The van der Waals surface area contributed by atoms with Crippen molar-refractivity contribution >= 4 is 11.9 Å². The summed E-state index contributed by atoms with van der Waals surface area (Å²) in [4.78, 5) is 24.8. The number of hydrogen-bond acceptors (Lipinski definition) is 3. The van der Waals surface area contributed by atoms with Crippen molar-refractivity contribution < 1.29 is 14.7 Å². The predicted molar refractivity (Wildman–Crippen MR) is 74.0 cm³/mol. The van der Waals surface area contributed by atoms with Gasteiger partial charge in [0.1, 0.15) is 0 Å². The van der Waals surface area contributed by atoms with Crippen molar-refractivity contribution in [3.8, 4) is 0 Å². The Morgan fingerprint density at radius 3 is 2.37 bits per heavy atom. The first kappa shape index (κ1) is 16.0. The van der Waals surface area contributed by atoms with Gasteiger partial charge in [0, 0.05) is 19.5 Å². The van der Waals surface area contributed by atoms with E-state index in [4.69, 9.17) is 5.11 Å². The van der Waals surface area contributed by atoms with Gasteiger partial charge in [0.15, 0.2) is 0 Å². The summed E-state index contributed by atoms with van der Waals surface area (Å²) >= 11 is 0. The lowest BCUT2D eigenvalue weighted by Gasteiger charge is -2.27. The molecule has 1 heterocycles. The second-order valence-electron chi connectivity index (χ2n) is 6.16. The van der Waals surface area contributed by atoms with E-state index in [1.807, 2.05) is 13.8 Å². The molecule has 1 aliphatic heterocycles. The number of carbonyl (C=O) groups excluding carboxylic acids is 1. The average Bonchev–Trinajstić information content (AvgIpc) is 2.27. The minimum atomic E-state index is -0.855. The van der Waals surface area contributed by atoms with E-state index in [1.54, 1.807) is 0 Å². The maximum atomic E-state index is 11.8. The number of rotatable bonds is 7. The molecule has 0 unspecified atom stereocenters. The molecule has 0 aromatic rings. The van der Waals surface area contributed by atoms with Crippen LogP contribution in [0.25, 0.3) is 0 Å². The van der Waals surface area contributed by atoms with Crippen LogP contribution in [0.3, 0.4) is 0 Å². The Bertz CT molecular complexity index is 310. The number of amides is 1. The number of carboxylic acid groups (broad SMARTS) is 1. The maximum absolute atomic E-state index is 11.8. The number of nitrogens with one attached hydrogen (secondary N) is 1. The van der Waals surface area contributed by atoms with Crippen LogP contribution < -0.4 is 5.32 Å². The topological polar surface area (TPSA) is 69.6 Å². The first-order valence-corrected chi connectivity index (χ1v) is 7.10. The van der Waals surface area contributed by atoms with Crippen molar-refractivity contribution in [2.75, 3.05) is 26.2 Å². The molecule has 0 aromatic carbocycles. The maximum Gasteiger partial charge on any atom is 0.303 e. The molecule has 1 saturated heterocycles. The van der Waals surface area contributed by atoms with Gasteiger partial charge in [0.05, 0.1) is 6.42 Å². The highest BCUT2D eigenvalue weighted by Crippen LogP contribution is 2.24. The Morgan fingerprint density at radius 1 is 1.16 bits per heavy atom. The van der Waals surface area contributed by atoms with E-state index in [-0.39, 0.29) is 18.7 Å². The molecular formula is C14H26N2O3. The fourth-order valence-corrected chi connectivity index (χ4v) is 2.51. The Hall–Kier alpha value is -1.10. The van der Waals surface area contributed by atoms with E-state index in [9.17, 15) is 9.59 Å². The molecule has 2 N–H and O–H groups in total. The summed E-state index contributed by atoms with van der Waals surface area (Å²) in [7, 11) is 0. The molecule has 19 heavy (non-hydrogen) atoms. The van der Waals surface area contributed by atoms with Crippen LogP contribution >= 0.6 is 0 Å². The molecule has 1 rings (SSSR count). The van der Waals surface area contributed by atoms with Crippen molar-refractivity contribution in [3.05, 3.63) is 0 Å². The van der Waals surface area contributed by atoms with Gasteiger partial charge >= 0.3 is 5.97 Å². The zero-order valence-corrected chi connectivity index (χ0v) is 12.1. The summed E-state index contributed by atoms with van der Waals surface area (Å²) in [6.45, 7) is 7.42. The van der Waals surface area contributed by atoms with Gasteiger partial charge in [-0.3, -0.25) is 9.59 Å². The van der Waals surface area contributed by atoms with Gasteiger partial charge in [0.25, 0.3) is 0 Å². The quantitative estimate of drug-likeness (QED) is 0.735. The molecule has 0 saturated carbocycles. The summed E-state index contributed by atoms with van der Waals surface area (Å²) in [6.07, 6.45) is 4.09. The van der Waals surface area contributed by atoms with Gasteiger partial charge in [-0.2, -0.15) is 0 Å². The third-order valence-electron chi connectivity index (χ3n) is 3.47. The number of nitrogens with zero attached hydrogens (tertiary/aromatic N) is 1. The minimum Gasteiger partial charge on any atom is -0.481 e. The van der Waals surface area contributed by atoms with Crippen molar-refractivity contribution in [2.45, 2.75) is 46.0 Å². The molecule has 0 spiro atoms. The molecule has 0 atom stereocenters. The first-order valence-electron chi connectivity index (χ1n) is 7.10. The predicted octanol–water partition coefficient (Wildman–Crippen LogP) is 1.48. The summed E-state index contributed by atoms with van der Waals surface area (Å²) in [6, 6.07) is 0. The molecule has 0 aromatic heterocycles. The number of carboxylic acids is 1. The molecule has 110 valence electrons. The molecule has 5 heteroatoms. The van der Waals surface area contributed by atoms with Crippen LogP contribution in [0, 0.1) is 5.41 Å². The zero-order chi connectivity index (χ0) is 14.3. The lowest BCUT2D eigenvalue weighted by molar-refractivity contribution is -0.139. The van der Waals surface area contributed by atoms with Crippen LogP contribution in [-0.4, -0.2) is 48.1 Å². The SMILES string of the molecule is CC(C)(CC(=O)O)CC(=O)NCCN1CCCCC1. The Labute approximate surface area is 115 Å². The van der Waals surface area contributed by atoms with E-state index in [0.717, 1.165) is 19.6 Å². The van der Waals surface area contributed by atoms with Crippen molar-refractivity contribution in [1.82, 2.24) is 10.2 Å². The standard InChI is InChI=1S/C14H26N2O3/c1-14(2,11-13(18)19)10-12(17)15-6-9-16-7-4-3-5-8-16/h3-11H2,1-2H3,(H,15,17)(H,18,19). The van der Waals surface area contributed by atoms with Crippen molar-refractivity contribution in [1.29, 1.82) is 0 Å². The highest BCUT2D eigenvalue weighted by Gasteiger charge is 2.25. The molecule has 1 amide bonds. The molecule has 0 radical (unpaired) electrons. The number of likely N-dealkylation sites (tertiary alicyclic amines) is 1. The Morgan fingerprint density at radius 2 is 1.79 bits per heavy atom. The second kappa shape index (κ2) is 7.48. The van der Waals surface area contributed by atoms with E-state index in [1.165, 1.54) is 19.3 Å². The van der Waals surface area contributed by atoms with E-state index in [2.05, 4.69) is 10.2 Å². The largest absolute Gasteiger partial charge is 0.481 e. The van der Waals surface area contributed by atoms with Gasteiger partial charge < -0.3 is 15.3 Å². The van der Waals surface area contributed by atoms with E-state index < -0.39 is 11.4 Å². The Balaban J connectivity index is 2.18. The number of aliphatic carboxylic acids is 1. The monoisotopic (exact) mass is 270 g/mol. The van der Waals surface area contributed by atoms with E-state index >= 15 is 0 Å².